The Morgan fingerprint density at radius 1 is 1.00 bits per heavy atom. The maximum Gasteiger partial charge on any atom is 0.255 e. The average Bonchev–Trinajstić information content (AvgIpc) is 3.28. The van der Waals surface area contributed by atoms with Crippen LogP contribution in [0.3, 0.4) is 0 Å². The first kappa shape index (κ1) is 18.3. The summed E-state index contributed by atoms with van der Waals surface area (Å²) >= 11 is 0. The second-order valence-corrected chi connectivity index (χ2v) is 7.67. The number of nitrogens with one attached hydrogen (secondary N) is 1. The highest BCUT2D eigenvalue weighted by atomic mass is 16.2. The lowest BCUT2D eigenvalue weighted by atomic mass is 9.98. The molecule has 0 radical (unpaired) electrons. The maximum absolute atomic E-state index is 12.9. The molecule has 1 N–H and O–H groups in total. The molecule has 0 spiro atoms. The summed E-state index contributed by atoms with van der Waals surface area (Å²) in [5.74, 6) is -0.848. The number of piperidine rings is 1. The van der Waals surface area contributed by atoms with Gasteiger partial charge in [-0.25, -0.2) is 0 Å². The van der Waals surface area contributed by atoms with Crippen LogP contribution >= 0.6 is 0 Å². The van der Waals surface area contributed by atoms with E-state index in [0.29, 0.717) is 18.5 Å². The van der Waals surface area contributed by atoms with E-state index in [9.17, 15) is 14.4 Å². The van der Waals surface area contributed by atoms with Crippen LogP contribution in [0.2, 0.25) is 0 Å². The van der Waals surface area contributed by atoms with Crippen molar-refractivity contribution < 1.29 is 14.4 Å². The van der Waals surface area contributed by atoms with Gasteiger partial charge < -0.3 is 4.90 Å². The summed E-state index contributed by atoms with van der Waals surface area (Å²) in [5, 5.41) is 6.77. The van der Waals surface area contributed by atoms with Crippen molar-refractivity contribution in [1.29, 1.82) is 0 Å². The lowest BCUT2D eigenvalue weighted by molar-refractivity contribution is -0.136. The number of aromatic nitrogens is 2. The fraction of sp³-hybridized carbons (Fsp3) is 0.217. The highest BCUT2D eigenvalue weighted by Crippen LogP contribution is 2.35. The van der Waals surface area contributed by atoms with Crippen molar-refractivity contribution >= 4 is 17.7 Å². The van der Waals surface area contributed by atoms with Crippen LogP contribution in [0.5, 0.6) is 0 Å². The summed E-state index contributed by atoms with van der Waals surface area (Å²) in [6.07, 6.45) is 2.44. The number of carbonyl (C=O) groups excluding carboxylic acids is 3. The molecule has 0 aliphatic carbocycles. The Hall–Kier alpha value is -3.74. The Morgan fingerprint density at radius 2 is 1.80 bits per heavy atom. The first-order chi connectivity index (χ1) is 14.5. The molecule has 3 amide bonds. The number of amides is 3. The first-order valence-corrected chi connectivity index (χ1v) is 9.88. The van der Waals surface area contributed by atoms with Gasteiger partial charge in [-0.2, -0.15) is 5.10 Å². The average molecular weight is 400 g/mol. The molecule has 30 heavy (non-hydrogen) atoms. The van der Waals surface area contributed by atoms with E-state index < -0.39 is 11.9 Å². The second kappa shape index (κ2) is 6.95. The highest BCUT2D eigenvalue weighted by Gasteiger charge is 2.39. The number of carbonyl (C=O) groups is 3. The molecule has 1 fully saturated rings. The second-order valence-electron chi connectivity index (χ2n) is 7.67. The number of nitrogens with zero attached hydrogens (tertiary/aromatic N) is 3. The Bertz CT molecular complexity index is 1180. The molecule has 2 aromatic carbocycles. The van der Waals surface area contributed by atoms with E-state index in [1.54, 1.807) is 4.90 Å². The van der Waals surface area contributed by atoms with Gasteiger partial charge in [-0.3, -0.25) is 24.4 Å². The molecule has 1 aromatic heterocycles. The van der Waals surface area contributed by atoms with E-state index in [2.05, 4.69) is 10.4 Å². The molecule has 0 saturated carbocycles. The van der Waals surface area contributed by atoms with E-state index in [1.807, 2.05) is 66.5 Å². The minimum Gasteiger partial charge on any atom is -0.322 e. The smallest absolute Gasteiger partial charge is 0.255 e. The number of hydrogen-bond acceptors (Lipinski definition) is 4. The summed E-state index contributed by atoms with van der Waals surface area (Å²) in [6.45, 7) is 0.356. The van der Waals surface area contributed by atoms with Crippen molar-refractivity contribution in [1.82, 2.24) is 20.0 Å². The van der Waals surface area contributed by atoms with Gasteiger partial charge in [0, 0.05) is 36.7 Å². The molecule has 3 heterocycles. The number of aryl methyl sites for hydroxylation is 1. The van der Waals surface area contributed by atoms with Crippen LogP contribution in [-0.4, -0.2) is 38.4 Å². The minimum absolute atomic E-state index is 0.166. The minimum atomic E-state index is -0.607. The number of fused-ring (bicyclic) bond motifs is 1. The molecule has 3 aromatic rings. The Labute approximate surface area is 173 Å². The first-order valence-electron chi connectivity index (χ1n) is 9.88. The Morgan fingerprint density at radius 3 is 2.57 bits per heavy atom. The lowest BCUT2D eigenvalue weighted by Crippen LogP contribution is -2.52. The Balaban J connectivity index is 1.49. The summed E-state index contributed by atoms with van der Waals surface area (Å²) in [7, 11) is 1.91. The third kappa shape index (κ3) is 2.90. The molecule has 1 unspecified atom stereocenters. The predicted octanol–water partition coefficient (Wildman–Crippen LogP) is 2.52. The van der Waals surface area contributed by atoms with Gasteiger partial charge in [0.25, 0.3) is 5.91 Å². The lowest BCUT2D eigenvalue weighted by Gasteiger charge is -2.29. The highest BCUT2D eigenvalue weighted by molar-refractivity contribution is 6.05. The largest absolute Gasteiger partial charge is 0.322 e. The molecule has 5 rings (SSSR count). The Kier molecular flexibility index (Phi) is 4.24. The molecule has 2 aliphatic heterocycles. The van der Waals surface area contributed by atoms with Crippen LogP contribution in [0.15, 0.2) is 54.7 Å². The van der Waals surface area contributed by atoms with Crippen molar-refractivity contribution in [3.8, 4) is 22.4 Å². The standard InChI is InChI=1S/C23H20N4O3/c1-26-21(14-5-3-2-4-6-14)18(12-24-26)15-7-8-17-16(11-15)13-27(23(17)30)19-9-10-20(28)25-22(19)29/h2-8,11-12,19H,9-10,13H2,1H3,(H,25,28,29). The van der Waals surface area contributed by atoms with E-state index in [1.165, 1.54) is 0 Å². The molecule has 7 heteroatoms. The zero-order valence-electron chi connectivity index (χ0n) is 16.5. The topological polar surface area (TPSA) is 84.3 Å². The van der Waals surface area contributed by atoms with Crippen molar-refractivity contribution in [3.63, 3.8) is 0 Å². The number of imide groups is 1. The molecule has 1 saturated heterocycles. The van der Waals surface area contributed by atoms with Gasteiger partial charge in [-0.1, -0.05) is 36.4 Å². The van der Waals surface area contributed by atoms with Crippen molar-refractivity contribution in [2.75, 3.05) is 0 Å². The number of benzene rings is 2. The van der Waals surface area contributed by atoms with Gasteiger partial charge in [0.15, 0.2) is 0 Å². The molecular weight excluding hydrogens is 380 g/mol. The quantitative estimate of drug-likeness (QED) is 0.685. The fourth-order valence-electron chi connectivity index (χ4n) is 4.33. The summed E-state index contributed by atoms with van der Waals surface area (Å²) in [6, 6.07) is 15.2. The molecular formula is C23H20N4O3. The van der Waals surface area contributed by atoms with Gasteiger partial charge in [0.2, 0.25) is 11.8 Å². The van der Waals surface area contributed by atoms with Gasteiger partial charge >= 0.3 is 0 Å². The van der Waals surface area contributed by atoms with E-state index >= 15 is 0 Å². The van der Waals surface area contributed by atoms with Gasteiger partial charge in [0.05, 0.1) is 11.9 Å². The molecule has 1 atom stereocenters. The summed E-state index contributed by atoms with van der Waals surface area (Å²) < 4.78 is 1.85. The molecule has 7 nitrogen and oxygen atoms in total. The van der Waals surface area contributed by atoms with Crippen LogP contribution in [0.1, 0.15) is 28.8 Å². The van der Waals surface area contributed by atoms with E-state index in [-0.39, 0.29) is 18.2 Å². The maximum atomic E-state index is 12.9. The van der Waals surface area contributed by atoms with Crippen LogP contribution in [-0.2, 0) is 23.2 Å². The SMILES string of the molecule is Cn1ncc(-c2ccc3c(c2)CN(C2CCC(=O)NC2=O)C3=O)c1-c1ccccc1. The molecule has 0 bridgehead atoms. The zero-order chi connectivity index (χ0) is 20.8. The van der Waals surface area contributed by atoms with Crippen molar-refractivity contribution in [2.24, 2.45) is 7.05 Å². The monoisotopic (exact) mass is 400 g/mol. The zero-order valence-corrected chi connectivity index (χ0v) is 16.5. The van der Waals surface area contributed by atoms with E-state index in [4.69, 9.17) is 0 Å². The van der Waals surface area contributed by atoms with Gasteiger partial charge in [-0.15, -0.1) is 0 Å². The number of hydrogen-bond donors (Lipinski definition) is 1. The van der Waals surface area contributed by atoms with Crippen LogP contribution in [0.25, 0.3) is 22.4 Å². The van der Waals surface area contributed by atoms with Crippen LogP contribution < -0.4 is 5.32 Å². The van der Waals surface area contributed by atoms with E-state index in [0.717, 1.165) is 27.9 Å². The predicted molar refractivity (Wildman–Crippen MR) is 110 cm³/mol. The van der Waals surface area contributed by atoms with Gasteiger partial charge in [0.1, 0.15) is 6.04 Å². The summed E-state index contributed by atoms with van der Waals surface area (Å²) in [4.78, 5) is 38.2. The van der Waals surface area contributed by atoms with Gasteiger partial charge in [-0.05, 0) is 29.7 Å². The number of rotatable bonds is 3. The molecule has 2 aliphatic rings. The summed E-state index contributed by atoms with van der Waals surface area (Å²) in [5.41, 5.74) is 5.51. The van der Waals surface area contributed by atoms with Crippen molar-refractivity contribution in [3.05, 3.63) is 65.9 Å². The third-order valence-electron chi connectivity index (χ3n) is 5.82. The van der Waals surface area contributed by atoms with Crippen LogP contribution in [0.4, 0.5) is 0 Å². The van der Waals surface area contributed by atoms with Crippen LogP contribution in [0, 0.1) is 0 Å². The molecule has 150 valence electrons. The van der Waals surface area contributed by atoms with Crippen molar-refractivity contribution in [2.45, 2.75) is 25.4 Å². The fourth-order valence-corrected chi connectivity index (χ4v) is 4.33. The third-order valence-corrected chi connectivity index (χ3v) is 5.82. The normalized spacial score (nSPS) is 18.5.